The van der Waals surface area contributed by atoms with E-state index in [0.29, 0.717) is 16.6 Å². The number of alkyl halides is 3. The Labute approximate surface area is 133 Å². The van der Waals surface area contributed by atoms with Crippen LogP contribution in [-0.4, -0.2) is 22.7 Å². The topological polar surface area (TPSA) is 59.9 Å². The molecule has 0 aliphatic carbocycles. The van der Waals surface area contributed by atoms with Crippen molar-refractivity contribution in [3.8, 4) is 11.1 Å². The van der Waals surface area contributed by atoms with Gasteiger partial charge in [-0.3, -0.25) is 0 Å². The standard InChI is InChI=1S/C14H9F3N2O2S2/c1-8-5-10(7-12-13(8)19-22-18-12)9-3-2-4-11(6-9)23(20,21)14(15,16)17/h2-7H,1H3. The summed E-state index contributed by atoms with van der Waals surface area (Å²) in [6.07, 6.45) is 0. The maximum absolute atomic E-state index is 12.7. The molecule has 0 radical (unpaired) electrons. The highest BCUT2D eigenvalue weighted by molar-refractivity contribution is 7.92. The first kappa shape index (κ1) is 15.9. The molecule has 1 heterocycles. The maximum atomic E-state index is 12.7. The number of fused-ring (bicyclic) bond motifs is 1. The molecule has 3 aromatic rings. The van der Waals surface area contributed by atoms with E-state index in [1.165, 1.54) is 6.07 Å². The van der Waals surface area contributed by atoms with E-state index in [4.69, 9.17) is 0 Å². The first-order chi connectivity index (χ1) is 10.7. The van der Waals surface area contributed by atoms with Crippen molar-refractivity contribution in [1.29, 1.82) is 0 Å². The fourth-order valence-electron chi connectivity index (χ4n) is 2.20. The van der Waals surface area contributed by atoms with E-state index in [1.54, 1.807) is 18.2 Å². The van der Waals surface area contributed by atoms with E-state index in [1.807, 2.05) is 6.92 Å². The van der Waals surface area contributed by atoms with Crippen molar-refractivity contribution in [2.24, 2.45) is 0 Å². The number of aromatic nitrogens is 2. The Bertz CT molecular complexity index is 995. The molecule has 3 rings (SSSR count). The SMILES string of the molecule is Cc1cc(-c2cccc(S(=O)(=O)C(F)(F)F)c2)cc2nsnc12. The van der Waals surface area contributed by atoms with E-state index in [-0.39, 0.29) is 0 Å². The fraction of sp³-hybridized carbons (Fsp3) is 0.143. The van der Waals surface area contributed by atoms with E-state index >= 15 is 0 Å². The van der Waals surface area contributed by atoms with Crippen LogP contribution >= 0.6 is 11.7 Å². The molecule has 0 fully saturated rings. The molecule has 0 aliphatic heterocycles. The van der Waals surface area contributed by atoms with Crippen LogP contribution in [0.25, 0.3) is 22.2 Å². The van der Waals surface area contributed by atoms with Crippen LogP contribution in [0.3, 0.4) is 0 Å². The van der Waals surface area contributed by atoms with Crippen molar-refractivity contribution in [3.63, 3.8) is 0 Å². The average molecular weight is 358 g/mol. The lowest BCUT2D eigenvalue weighted by Crippen LogP contribution is -2.23. The summed E-state index contributed by atoms with van der Waals surface area (Å²) in [5.74, 6) is 0. The molecule has 1 aromatic heterocycles. The lowest BCUT2D eigenvalue weighted by Gasteiger charge is -2.10. The van der Waals surface area contributed by atoms with Crippen LogP contribution in [0.5, 0.6) is 0 Å². The molecule has 4 nitrogen and oxygen atoms in total. The predicted molar refractivity (Wildman–Crippen MR) is 80.8 cm³/mol. The summed E-state index contributed by atoms with van der Waals surface area (Å²) in [6.45, 7) is 1.81. The Morgan fingerprint density at radius 1 is 1.04 bits per heavy atom. The van der Waals surface area contributed by atoms with Crippen molar-refractivity contribution in [2.45, 2.75) is 17.3 Å². The summed E-state index contributed by atoms with van der Waals surface area (Å²) < 4.78 is 69.3. The minimum atomic E-state index is -5.37. The first-order valence-corrected chi connectivity index (χ1v) is 8.56. The van der Waals surface area contributed by atoms with E-state index in [9.17, 15) is 21.6 Å². The molecule has 0 saturated carbocycles. The van der Waals surface area contributed by atoms with Crippen LogP contribution in [0.2, 0.25) is 0 Å². The maximum Gasteiger partial charge on any atom is 0.501 e. The molecule has 0 aliphatic rings. The zero-order chi connectivity index (χ0) is 16.8. The van der Waals surface area contributed by atoms with Crippen LogP contribution in [-0.2, 0) is 9.84 Å². The monoisotopic (exact) mass is 358 g/mol. The molecule has 0 N–H and O–H groups in total. The van der Waals surface area contributed by atoms with E-state index < -0.39 is 20.2 Å². The van der Waals surface area contributed by atoms with Crippen molar-refractivity contribution < 1.29 is 21.6 Å². The predicted octanol–water partition coefficient (Wildman–Crippen LogP) is 3.96. The van der Waals surface area contributed by atoms with Gasteiger partial charge >= 0.3 is 5.51 Å². The smallest absolute Gasteiger partial charge is 0.214 e. The third-order valence-electron chi connectivity index (χ3n) is 3.33. The molecule has 0 bridgehead atoms. The molecule has 23 heavy (non-hydrogen) atoms. The molecule has 0 amide bonds. The molecule has 2 aromatic carbocycles. The van der Waals surface area contributed by atoms with Gasteiger partial charge in [-0.15, -0.1) is 0 Å². The highest BCUT2D eigenvalue weighted by Crippen LogP contribution is 2.33. The van der Waals surface area contributed by atoms with Gasteiger partial charge in [0.05, 0.1) is 16.6 Å². The Morgan fingerprint density at radius 2 is 1.78 bits per heavy atom. The molecule has 9 heteroatoms. The Hall–Kier alpha value is -2.00. The minimum Gasteiger partial charge on any atom is -0.214 e. The fourth-order valence-corrected chi connectivity index (χ4v) is 3.59. The van der Waals surface area contributed by atoms with Crippen molar-refractivity contribution in [1.82, 2.24) is 8.75 Å². The van der Waals surface area contributed by atoms with Gasteiger partial charge in [-0.25, -0.2) is 8.42 Å². The second-order valence-electron chi connectivity index (χ2n) is 4.90. The number of halogens is 3. The Morgan fingerprint density at radius 3 is 2.48 bits per heavy atom. The van der Waals surface area contributed by atoms with Gasteiger partial charge in [-0.1, -0.05) is 12.1 Å². The van der Waals surface area contributed by atoms with Crippen molar-refractivity contribution in [3.05, 3.63) is 42.0 Å². The van der Waals surface area contributed by atoms with Gasteiger partial charge < -0.3 is 0 Å². The van der Waals surface area contributed by atoms with Crippen LogP contribution in [0, 0.1) is 6.92 Å². The second-order valence-corrected chi connectivity index (χ2v) is 7.37. The molecule has 0 saturated heterocycles. The molecule has 120 valence electrons. The molecule has 0 unspecified atom stereocenters. The van der Waals surface area contributed by atoms with Crippen LogP contribution in [0.4, 0.5) is 13.2 Å². The van der Waals surface area contributed by atoms with E-state index in [2.05, 4.69) is 8.75 Å². The Balaban J connectivity index is 2.16. The van der Waals surface area contributed by atoms with Crippen molar-refractivity contribution >= 4 is 32.6 Å². The minimum absolute atomic E-state index is 0.369. The summed E-state index contributed by atoms with van der Waals surface area (Å²) in [6, 6.07) is 8.20. The lowest BCUT2D eigenvalue weighted by molar-refractivity contribution is -0.0435. The number of aryl methyl sites for hydroxylation is 1. The zero-order valence-electron chi connectivity index (χ0n) is 11.6. The summed E-state index contributed by atoms with van der Waals surface area (Å²) in [7, 11) is -5.37. The van der Waals surface area contributed by atoms with Gasteiger partial charge in [0.15, 0.2) is 0 Å². The number of benzene rings is 2. The zero-order valence-corrected chi connectivity index (χ0v) is 13.3. The highest BCUT2D eigenvalue weighted by Gasteiger charge is 2.46. The van der Waals surface area contributed by atoms with Gasteiger partial charge in [0.2, 0.25) is 0 Å². The first-order valence-electron chi connectivity index (χ1n) is 6.35. The van der Waals surface area contributed by atoms with Crippen LogP contribution in [0.15, 0.2) is 41.3 Å². The average Bonchev–Trinajstić information content (AvgIpc) is 2.95. The summed E-state index contributed by atoms with van der Waals surface area (Å²) >= 11 is 1.04. The number of sulfone groups is 1. The van der Waals surface area contributed by atoms with Crippen molar-refractivity contribution in [2.75, 3.05) is 0 Å². The third-order valence-corrected chi connectivity index (χ3v) is 5.36. The molecular weight excluding hydrogens is 349 g/mol. The molecule has 0 spiro atoms. The highest BCUT2D eigenvalue weighted by atomic mass is 32.2. The number of nitrogens with zero attached hydrogens (tertiary/aromatic N) is 2. The Kier molecular flexibility index (Phi) is 3.64. The third kappa shape index (κ3) is 2.70. The van der Waals surface area contributed by atoms with Gasteiger partial charge in [-0.2, -0.15) is 21.9 Å². The van der Waals surface area contributed by atoms with E-state index in [0.717, 1.165) is 34.9 Å². The number of hydrogen-bond donors (Lipinski definition) is 0. The molecular formula is C14H9F3N2O2S2. The van der Waals surface area contributed by atoms with Gasteiger partial charge in [0.25, 0.3) is 9.84 Å². The summed E-state index contributed by atoms with van der Waals surface area (Å²) in [5, 5.41) is 0. The summed E-state index contributed by atoms with van der Waals surface area (Å²) in [4.78, 5) is -0.781. The van der Waals surface area contributed by atoms with Crippen LogP contribution in [0.1, 0.15) is 5.56 Å². The van der Waals surface area contributed by atoms with Crippen LogP contribution < -0.4 is 0 Å². The normalized spacial score (nSPS) is 12.7. The second kappa shape index (κ2) is 5.27. The quantitative estimate of drug-likeness (QED) is 0.696. The molecule has 0 atom stereocenters. The lowest BCUT2D eigenvalue weighted by atomic mass is 10.0. The summed E-state index contributed by atoms with van der Waals surface area (Å²) in [5.41, 5.74) is -2.22. The van der Waals surface area contributed by atoms with Gasteiger partial charge in [0.1, 0.15) is 11.0 Å². The number of hydrogen-bond acceptors (Lipinski definition) is 5. The van der Waals surface area contributed by atoms with Gasteiger partial charge in [0, 0.05) is 0 Å². The number of rotatable bonds is 2. The largest absolute Gasteiger partial charge is 0.501 e. The van der Waals surface area contributed by atoms with Gasteiger partial charge in [-0.05, 0) is 47.9 Å².